The molecule has 1 saturated heterocycles. The summed E-state index contributed by atoms with van der Waals surface area (Å²) in [4.78, 5) is 29.6. The first kappa shape index (κ1) is 15.9. The van der Waals surface area contributed by atoms with Crippen molar-refractivity contribution >= 4 is 23.2 Å². The van der Waals surface area contributed by atoms with Crippen LogP contribution in [0.15, 0.2) is 5.38 Å². The van der Waals surface area contributed by atoms with Gasteiger partial charge in [0.15, 0.2) is 0 Å². The number of nitrogens with one attached hydrogen (secondary N) is 1. The van der Waals surface area contributed by atoms with E-state index in [0.29, 0.717) is 12.5 Å². The average Bonchev–Trinajstić information content (AvgIpc) is 2.93. The first-order chi connectivity index (χ1) is 9.97. The van der Waals surface area contributed by atoms with Gasteiger partial charge in [-0.25, -0.2) is 4.98 Å². The minimum absolute atomic E-state index is 0.00873. The van der Waals surface area contributed by atoms with Gasteiger partial charge in [-0.15, -0.1) is 11.3 Å². The van der Waals surface area contributed by atoms with Crippen molar-refractivity contribution in [2.45, 2.75) is 46.1 Å². The van der Waals surface area contributed by atoms with Crippen LogP contribution < -0.4 is 5.32 Å². The van der Waals surface area contributed by atoms with Crippen molar-refractivity contribution in [1.82, 2.24) is 15.2 Å². The number of nitrogens with zero attached hydrogens (tertiary/aromatic N) is 2. The molecule has 21 heavy (non-hydrogen) atoms. The molecule has 0 radical (unpaired) electrons. The summed E-state index contributed by atoms with van der Waals surface area (Å²) in [5.74, 6) is 0.512. The summed E-state index contributed by atoms with van der Waals surface area (Å²) in [7, 11) is 0. The Hall–Kier alpha value is -1.43. The van der Waals surface area contributed by atoms with Crippen LogP contribution in [0.3, 0.4) is 0 Å². The second-order valence-electron chi connectivity index (χ2n) is 5.85. The highest BCUT2D eigenvalue weighted by Gasteiger charge is 2.25. The fourth-order valence-corrected chi connectivity index (χ4v) is 3.39. The van der Waals surface area contributed by atoms with Gasteiger partial charge in [0.1, 0.15) is 0 Å². The molecule has 1 N–H and O–H groups in total. The number of aromatic nitrogens is 1. The Balaban J connectivity index is 1.93. The molecule has 2 amide bonds. The summed E-state index contributed by atoms with van der Waals surface area (Å²) in [6.07, 6.45) is 2.11. The normalized spacial score (nSPS) is 18.9. The molecule has 5 nitrogen and oxygen atoms in total. The van der Waals surface area contributed by atoms with E-state index in [0.717, 1.165) is 36.6 Å². The molecular formula is C15H23N3O2S. The van der Waals surface area contributed by atoms with Gasteiger partial charge in [0.2, 0.25) is 11.8 Å². The van der Waals surface area contributed by atoms with Gasteiger partial charge in [0.25, 0.3) is 0 Å². The van der Waals surface area contributed by atoms with E-state index in [2.05, 4.69) is 10.3 Å². The molecule has 116 valence electrons. The molecule has 0 saturated carbocycles. The summed E-state index contributed by atoms with van der Waals surface area (Å²) in [5.41, 5.74) is 0.906. The number of carbonyl (C=O) groups is 2. The lowest BCUT2D eigenvalue weighted by Gasteiger charge is -2.30. The average molecular weight is 309 g/mol. The number of hydrogen-bond donors (Lipinski definition) is 1. The molecule has 1 aliphatic heterocycles. The van der Waals surface area contributed by atoms with Crippen LogP contribution in [0, 0.1) is 5.92 Å². The molecule has 1 aliphatic rings. The Morgan fingerprint density at radius 1 is 1.52 bits per heavy atom. The second-order valence-corrected chi connectivity index (χ2v) is 6.74. The zero-order valence-corrected chi connectivity index (χ0v) is 13.7. The van der Waals surface area contributed by atoms with Crippen LogP contribution in [0.1, 0.15) is 50.2 Å². The Morgan fingerprint density at radius 2 is 2.29 bits per heavy atom. The highest BCUT2D eigenvalue weighted by atomic mass is 32.1. The Labute approximate surface area is 129 Å². The number of thiazole rings is 1. The second kappa shape index (κ2) is 7.02. The molecule has 2 heterocycles. The minimum atomic E-state index is -0.00873. The third-order valence-electron chi connectivity index (χ3n) is 3.75. The van der Waals surface area contributed by atoms with Gasteiger partial charge >= 0.3 is 0 Å². The molecule has 1 aromatic heterocycles. The van der Waals surface area contributed by atoms with Crippen molar-refractivity contribution in [2.24, 2.45) is 5.92 Å². The van der Waals surface area contributed by atoms with E-state index in [1.165, 1.54) is 0 Å². The summed E-state index contributed by atoms with van der Waals surface area (Å²) in [5, 5.41) is 5.96. The topological polar surface area (TPSA) is 62.3 Å². The Bertz CT molecular complexity index is 513. The molecule has 0 aromatic carbocycles. The molecular weight excluding hydrogens is 286 g/mol. The third kappa shape index (κ3) is 4.27. The SMILES string of the molecule is CC(=O)N1CCC[C@@H](c2nc(CNC(=O)C(C)C)cs2)C1. The van der Waals surface area contributed by atoms with Crippen LogP contribution in [0.25, 0.3) is 0 Å². The smallest absolute Gasteiger partial charge is 0.222 e. The standard InChI is InChI=1S/C15H23N3O2S/c1-10(2)14(20)16-7-13-9-21-15(17-13)12-5-4-6-18(8-12)11(3)19/h9-10,12H,4-8H2,1-3H3,(H,16,20)/t12-/m1/s1. The lowest BCUT2D eigenvalue weighted by atomic mass is 9.99. The molecule has 0 spiro atoms. The van der Waals surface area contributed by atoms with E-state index in [1.54, 1.807) is 18.3 Å². The van der Waals surface area contributed by atoms with Crippen LogP contribution in [-0.2, 0) is 16.1 Å². The van der Waals surface area contributed by atoms with E-state index in [4.69, 9.17) is 0 Å². The summed E-state index contributed by atoms with van der Waals surface area (Å²) in [6, 6.07) is 0. The van der Waals surface area contributed by atoms with Crippen molar-refractivity contribution in [3.05, 3.63) is 16.1 Å². The van der Waals surface area contributed by atoms with Gasteiger partial charge in [-0.2, -0.15) is 0 Å². The monoisotopic (exact) mass is 309 g/mol. The number of rotatable bonds is 4. The minimum Gasteiger partial charge on any atom is -0.350 e. The fraction of sp³-hybridized carbons (Fsp3) is 0.667. The van der Waals surface area contributed by atoms with E-state index in [9.17, 15) is 9.59 Å². The maximum Gasteiger partial charge on any atom is 0.222 e. The van der Waals surface area contributed by atoms with Crippen molar-refractivity contribution in [3.8, 4) is 0 Å². The lowest BCUT2D eigenvalue weighted by Crippen LogP contribution is -2.37. The van der Waals surface area contributed by atoms with Crippen molar-refractivity contribution in [3.63, 3.8) is 0 Å². The summed E-state index contributed by atoms with van der Waals surface area (Å²) < 4.78 is 0. The van der Waals surface area contributed by atoms with Crippen LogP contribution >= 0.6 is 11.3 Å². The zero-order valence-electron chi connectivity index (χ0n) is 12.9. The molecule has 0 aliphatic carbocycles. The van der Waals surface area contributed by atoms with E-state index < -0.39 is 0 Å². The third-order valence-corrected chi connectivity index (χ3v) is 4.81. The molecule has 0 bridgehead atoms. The number of piperidine rings is 1. The quantitative estimate of drug-likeness (QED) is 0.927. The van der Waals surface area contributed by atoms with Gasteiger partial charge in [0, 0.05) is 37.2 Å². The largest absolute Gasteiger partial charge is 0.350 e. The number of carbonyl (C=O) groups excluding carboxylic acids is 2. The molecule has 1 atom stereocenters. The molecule has 0 unspecified atom stereocenters. The number of likely N-dealkylation sites (tertiary alicyclic amines) is 1. The van der Waals surface area contributed by atoms with Crippen molar-refractivity contribution < 1.29 is 9.59 Å². The fourth-order valence-electron chi connectivity index (χ4n) is 2.44. The van der Waals surface area contributed by atoms with E-state index in [-0.39, 0.29) is 17.7 Å². The number of hydrogen-bond acceptors (Lipinski definition) is 4. The first-order valence-electron chi connectivity index (χ1n) is 7.45. The van der Waals surface area contributed by atoms with E-state index in [1.807, 2.05) is 24.1 Å². The first-order valence-corrected chi connectivity index (χ1v) is 8.33. The van der Waals surface area contributed by atoms with Crippen molar-refractivity contribution in [1.29, 1.82) is 0 Å². The van der Waals surface area contributed by atoms with Gasteiger partial charge in [0.05, 0.1) is 17.2 Å². The maximum absolute atomic E-state index is 11.6. The highest BCUT2D eigenvalue weighted by molar-refractivity contribution is 7.09. The van der Waals surface area contributed by atoms with Gasteiger partial charge in [-0.3, -0.25) is 9.59 Å². The van der Waals surface area contributed by atoms with Gasteiger partial charge < -0.3 is 10.2 Å². The Morgan fingerprint density at radius 3 is 2.95 bits per heavy atom. The van der Waals surface area contributed by atoms with Gasteiger partial charge in [-0.05, 0) is 12.8 Å². The Kier molecular flexibility index (Phi) is 5.33. The lowest BCUT2D eigenvalue weighted by molar-refractivity contribution is -0.130. The maximum atomic E-state index is 11.6. The highest BCUT2D eigenvalue weighted by Crippen LogP contribution is 2.29. The van der Waals surface area contributed by atoms with Crippen LogP contribution in [0.2, 0.25) is 0 Å². The van der Waals surface area contributed by atoms with Crippen molar-refractivity contribution in [2.75, 3.05) is 13.1 Å². The van der Waals surface area contributed by atoms with Crippen LogP contribution in [0.4, 0.5) is 0 Å². The van der Waals surface area contributed by atoms with Crippen LogP contribution in [0.5, 0.6) is 0 Å². The summed E-state index contributed by atoms with van der Waals surface area (Å²) >= 11 is 1.63. The molecule has 6 heteroatoms. The zero-order chi connectivity index (χ0) is 15.4. The molecule has 2 rings (SSSR count). The predicted octanol–water partition coefficient (Wildman–Crippen LogP) is 2.14. The van der Waals surface area contributed by atoms with Gasteiger partial charge in [-0.1, -0.05) is 13.8 Å². The van der Waals surface area contributed by atoms with E-state index >= 15 is 0 Å². The summed E-state index contributed by atoms with van der Waals surface area (Å²) in [6.45, 7) is 7.48. The molecule has 1 aromatic rings. The predicted molar refractivity (Wildman–Crippen MR) is 83.0 cm³/mol. The molecule has 1 fully saturated rings. The number of amides is 2. The van der Waals surface area contributed by atoms with Crippen LogP contribution in [-0.4, -0.2) is 34.8 Å².